The average molecular weight is 290 g/mol. The van der Waals surface area contributed by atoms with Gasteiger partial charge in [0.1, 0.15) is 5.69 Å². The molecule has 0 saturated heterocycles. The van der Waals surface area contributed by atoms with E-state index in [-0.39, 0.29) is 6.04 Å². The van der Waals surface area contributed by atoms with Gasteiger partial charge in [0.25, 0.3) is 0 Å². The van der Waals surface area contributed by atoms with Crippen LogP contribution in [0.25, 0.3) is 0 Å². The highest BCUT2D eigenvalue weighted by Crippen LogP contribution is 2.72. The molecule has 5 unspecified atom stereocenters. The first-order valence-corrected chi connectivity index (χ1v) is 7.69. The van der Waals surface area contributed by atoms with Gasteiger partial charge in [-0.3, -0.25) is 11.3 Å². The van der Waals surface area contributed by atoms with Gasteiger partial charge in [0.15, 0.2) is 0 Å². The third-order valence-corrected chi connectivity index (χ3v) is 5.80. The van der Waals surface area contributed by atoms with Crippen molar-refractivity contribution < 1.29 is 9.47 Å². The Balaban J connectivity index is 1.62. The Morgan fingerprint density at radius 2 is 1.95 bits per heavy atom. The molecule has 3 fully saturated rings. The standard InChI is InChI=1S/C15H22N4O2/c1-20-9-6-17-14(15(18-9)21-2)13(19-16)12-10-7-3-4-8(5-7)11(10)12/h6-8,10-13,19H,3-5,16H2,1-2H3. The van der Waals surface area contributed by atoms with Crippen LogP contribution in [0.1, 0.15) is 31.0 Å². The summed E-state index contributed by atoms with van der Waals surface area (Å²) in [4.78, 5) is 8.83. The monoisotopic (exact) mass is 290 g/mol. The van der Waals surface area contributed by atoms with E-state index in [1.54, 1.807) is 20.4 Å². The molecule has 0 aliphatic heterocycles. The van der Waals surface area contributed by atoms with Crippen molar-refractivity contribution in [2.24, 2.45) is 35.4 Å². The lowest BCUT2D eigenvalue weighted by atomic mass is 9.96. The number of ether oxygens (including phenoxy) is 2. The van der Waals surface area contributed by atoms with Crippen molar-refractivity contribution in [1.29, 1.82) is 0 Å². The third-order valence-electron chi connectivity index (χ3n) is 5.80. The molecular formula is C15H22N4O2. The fourth-order valence-electron chi connectivity index (χ4n) is 5.04. The Kier molecular flexibility index (Phi) is 3.04. The van der Waals surface area contributed by atoms with Gasteiger partial charge in [-0.25, -0.2) is 4.98 Å². The second-order valence-corrected chi connectivity index (χ2v) is 6.52. The van der Waals surface area contributed by atoms with Crippen LogP contribution in [0, 0.1) is 29.6 Å². The molecule has 3 N–H and O–H groups in total. The maximum atomic E-state index is 5.85. The van der Waals surface area contributed by atoms with Gasteiger partial charge in [0.05, 0.1) is 26.5 Å². The maximum absolute atomic E-state index is 5.85. The highest BCUT2D eigenvalue weighted by atomic mass is 16.5. The molecule has 6 nitrogen and oxygen atoms in total. The average Bonchev–Trinajstić information content (AvgIpc) is 2.93. The molecule has 0 spiro atoms. The first kappa shape index (κ1) is 13.3. The van der Waals surface area contributed by atoms with Crippen molar-refractivity contribution in [1.82, 2.24) is 15.4 Å². The van der Waals surface area contributed by atoms with Crippen LogP contribution < -0.4 is 20.7 Å². The molecule has 114 valence electrons. The van der Waals surface area contributed by atoms with Crippen molar-refractivity contribution in [3.05, 3.63) is 11.9 Å². The first-order valence-electron chi connectivity index (χ1n) is 7.69. The molecule has 3 aliphatic carbocycles. The number of fused-ring (bicyclic) bond motifs is 5. The smallest absolute Gasteiger partial charge is 0.240 e. The number of hydrazine groups is 1. The molecule has 3 saturated carbocycles. The second-order valence-electron chi connectivity index (χ2n) is 6.52. The van der Waals surface area contributed by atoms with E-state index in [0.717, 1.165) is 29.4 Å². The number of hydrogen-bond donors (Lipinski definition) is 2. The minimum absolute atomic E-state index is 0.0248. The molecule has 1 aromatic rings. The Bertz CT molecular complexity index is 536. The van der Waals surface area contributed by atoms with Crippen molar-refractivity contribution >= 4 is 0 Å². The number of nitrogens with one attached hydrogen (secondary N) is 1. The number of rotatable bonds is 5. The topological polar surface area (TPSA) is 82.3 Å². The molecule has 0 radical (unpaired) electrons. The molecular weight excluding hydrogens is 268 g/mol. The summed E-state index contributed by atoms with van der Waals surface area (Å²) in [6.45, 7) is 0. The van der Waals surface area contributed by atoms with Crippen LogP contribution in [0.4, 0.5) is 0 Å². The number of methoxy groups -OCH3 is 2. The lowest BCUT2D eigenvalue weighted by Crippen LogP contribution is -2.32. The van der Waals surface area contributed by atoms with Crippen LogP contribution >= 0.6 is 0 Å². The minimum atomic E-state index is 0.0248. The molecule has 3 aliphatic rings. The van der Waals surface area contributed by atoms with E-state index < -0.39 is 0 Å². The first-order chi connectivity index (χ1) is 10.3. The predicted molar refractivity (Wildman–Crippen MR) is 76.5 cm³/mol. The molecule has 2 bridgehead atoms. The fraction of sp³-hybridized carbons (Fsp3) is 0.733. The van der Waals surface area contributed by atoms with Crippen LogP contribution in [-0.4, -0.2) is 24.2 Å². The molecule has 0 aromatic carbocycles. The zero-order valence-corrected chi connectivity index (χ0v) is 12.5. The van der Waals surface area contributed by atoms with E-state index in [1.807, 2.05) is 0 Å². The number of nitrogens with zero attached hydrogens (tertiary/aromatic N) is 2. The molecule has 0 amide bonds. The molecule has 5 atom stereocenters. The normalized spacial score (nSPS) is 37.2. The van der Waals surface area contributed by atoms with Crippen LogP contribution in [0.2, 0.25) is 0 Å². The van der Waals surface area contributed by atoms with E-state index >= 15 is 0 Å². The number of aromatic nitrogens is 2. The summed E-state index contributed by atoms with van der Waals surface area (Å²) in [5.41, 5.74) is 3.77. The van der Waals surface area contributed by atoms with Gasteiger partial charge < -0.3 is 9.47 Å². The van der Waals surface area contributed by atoms with E-state index in [4.69, 9.17) is 15.3 Å². The Hall–Kier alpha value is -1.40. The van der Waals surface area contributed by atoms with Gasteiger partial charge in [0, 0.05) is 0 Å². The predicted octanol–water partition coefficient (Wildman–Crippen LogP) is 1.29. The van der Waals surface area contributed by atoms with Crippen molar-refractivity contribution in [2.75, 3.05) is 14.2 Å². The summed E-state index contributed by atoms with van der Waals surface area (Å²) in [7, 11) is 3.18. The fourth-order valence-corrected chi connectivity index (χ4v) is 5.04. The second kappa shape index (κ2) is 4.81. The van der Waals surface area contributed by atoms with Crippen LogP contribution in [0.3, 0.4) is 0 Å². The van der Waals surface area contributed by atoms with Gasteiger partial charge in [-0.1, -0.05) is 0 Å². The maximum Gasteiger partial charge on any atom is 0.240 e. The van der Waals surface area contributed by atoms with Crippen LogP contribution in [0.15, 0.2) is 6.20 Å². The van der Waals surface area contributed by atoms with E-state index in [1.165, 1.54) is 19.3 Å². The lowest BCUT2D eigenvalue weighted by Gasteiger charge is -2.20. The minimum Gasteiger partial charge on any atom is -0.480 e. The van der Waals surface area contributed by atoms with Gasteiger partial charge in [-0.05, 0) is 48.9 Å². The van der Waals surface area contributed by atoms with Crippen LogP contribution in [0.5, 0.6) is 11.8 Å². The van der Waals surface area contributed by atoms with Gasteiger partial charge in [-0.2, -0.15) is 4.98 Å². The van der Waals surface area contributed by atoms with E-state index in [2.05, 4.69) is 15.4 Å². The summed E-state index contributed by atoms with van der Waals surface area (Å²) in [6, 6.07) is 0.0248. The summed E-state index contributed by atoms with van der Waals surface area (Å²) in [6.07, 6.45) is 5.85. The summed E-state index contributed by atoms with van der Waals surface area (Å²) in [5.74, 6) is 10.8. The Morgan fingerprint density at radius 3 is 2.52 bits per heavy atom. The summed E-state index contributed by atoms with van der Waals surface area (Å²) >= 11 is 0. The van der Waals surface area contributed by atoms with Gasteiger partial charge in [-0.15, -0.1) is 0 Å². The molecule has 6 heteroatoms. The SMILES string of the molecule is COc1cnc(C(NN)C2C3C4CCC(C4)C32)c(OC)n1. The molecule has 21 heavy (non-hydrogen) atoms. The van der Waals surface area contributed by atoms with Crippen LogP contribution in [-0.2, 0) is 0 Å². The highest BCUT2D eigenvalue weighted by molar-refractivity contribution is 5.30. The van der Waals surface area contributed by atoms with Crippen molar-refractivity contribution in [3.63, 3.8) is 0 Å². The third kappa shape index (κ3) is 1.85. The zero-order chi connectivity index (χ0) is 14.6. The summed E-state index contributed by atoms with van der Waals surface area (Å²) in [5, 5.41) is 0. The Morgan fingerprint density at radius 1 is 1.24 bits per heavy atom. The molecule has 1 aromatic heterocycles. The quantitative estimate of drug-likeness (QED) is 0.628. The van der Waals surface area contributed by atoms with E-state index in [9.17, 15) is 0 Å². The van der Waals surface area contributed by atoms with Crippen molar-refractivity contribution in [3.8, 4) is 11.8 Å². The highest BCUT2D eigenvalue weighted by Gasteiger charge is 2.67. The summed E-state index contributed by atoms with van der Waals surface area (Å²) < 4.78 is 10.5. The zero-order valence-electron chi connectivity index (χ0n) is 12.5. The Labute approximate surface area is 124 Å². The largest absolute Gasteiger partial charge is 0.480 e. The van der Waals surface area contributed by atoms with E-state index in [0.29, 0.717) is 17.7 Å². The van der Waals surface area contributed by atoms with Gasteiger partial charge in [0.2, 0.25) is 11.8 Å². The van der Waals surface area contributed by atoms with Gasteiger partial charge >= 0.3 is 0 Å². The molecule has 1 heterocycles. The number of hydrogen-bond acceptors (Lipinski definition) is 6. The molecule has 4 rings (SSSR count). The number of nitrogens with two attached hydrogens (primary N) is 1. The van der Waals surface area contributed by atoms with Crippen molar-refractivity contribution in [2.45, 2.75) is 25.3 Å². The lowest BCUT2D eigenvalue weighted by molar-refractivity contribution is 0.327.